The fourth-order valence-electron chi connectivity index (χ4n) is 5.66. The fourth-order valence-corrected chi connectivity index (χ4v) is 7.04. The molecule has 0 atom stereocenters. The second-order valence-corrected chi connectivity index (χ2v) is 15.2. The molecule has 1 saturated heterocycles. The van der Waals surface area contributed by atoms with Gasteiger partial charge >= 0.3 is 6.09 Å². The van der Waals surface area contributed by atoms with Gasteiger partial charge in [-0.15, -0.1) is 0 Å². The quantitative estimate of drug-likeness (QED) is 0.184. The Hall–Kier alpha value is -4.49. The zero-order valence-corrected chi connectivity index (χ0v) is 28.5. The third-order valence-electron chi connectivity index (χ3n) is 8.22. The van der Waals surface area contributed by atoms with Gasteiger partial charge in [0.25, 0.3) is 5.56 Å². The molecule has 2 fully saturated rings. The summed E-state index contributed by atoms with van der Waals surface area (Å²) in [5.74, 6) is 1.59. The number of nitrogens with zero attached hydrogens (tertiary/aromatic N) is 2. The molecule has 2 aliphatic rings. The Morgan fingerprint density at radius 3 is 2.46 bits per heavy atom. The number of anilines is 1. The van der Waals surface area contributed by atoms with Crippen LogP contribution in [0.3, 0.4) is 0 Å². The lowest BCUT2D eigenvalue weighted by Crippen LogP contribution is -2.43. The highest BCUT2D eigenvalue weighted by Gasteiger charge is 2.36. The van der Waals surface area contributed by atoms with E-state index < -0.39 is 15.6 Å². The van der Waals surface area contributed by atoms with Crippen LogP contribution in [0.15, 0.2) is 65.7 Å². The van der Waals surface area contributed by atoms with Gasteiger partial charge in [0.2, 0.25) is 10.0 Å². The molecule has 0 spiro atoms. The second-order valence-electron chi connectivity index (χ2n) is 13.2. The number of fused-ring (bicyclic) bond motifs is 1. The summed E-state index contributed by atoms with van der Waals surface area (Å²) < 4.78 is 53.5. The highest BCUT2D eigenvalue weighted by Crippen LogP contribution is 2.40. The van der Waals surface area contributed by atoms with E-state index in [1.807, 2.05) is 45.0 Å². The van der Waals surface area contributed by atoms with Crippen molar-refractivity contribution in [3.8, 4) is 28.4 Å². The molecule has 6 rings (SSSR count). The summed E-state index contributed by atoms with van der Waals surface area (Å²) in [4.78, 5) is 29.8. The molecule has 1 aliphatic carbocycles. The average Bonchev–Trinajstić information content (AvgIpc) is 3.79. The molecule has 1 saturated carbocycles. The van der Waals surface area contributed by atoms with E-state index in [2.05, 4.69) is 9.71 Å². The van der Waals surface area contributed by atoms with E-state index >= 15 is 0 Å². The molecule has 0 radical (unpaired) electrons. The molecule has 3 heterocycles. The number of H-pyrrole nitrogens is 1. The molecule has 1 amide bonds. The van der Waals surface area contributed by atoms with E-state index in [9.17, 15) is 18.0 Å². The maximum absolute atomic E-state index is 12.8. The molecule has 2 N–H and O–H groups in total. The van der Waals surface area contributed by atoms with E-state index in [0.717, 1.165) is 12.8 Å². The van der Waals surface area contributed by atoms with Gasteiger partial charge in [-0.25, -0.2) is 13.2 Å². The standard InChI is InChI=1S/C35H42N4O8S/c1-35(2,3)47-34(41)39-16-13-24(14-17-39)44-18-19-45-25-6-5-7-26(21-25)46-31-11-8-23(37-48(42,43)27-9-10-27)20-29(31)30-22-38(4)33(40)32-28(30)12-15-36-32/h5-8,11-12,15,20-22,24,27,36-37H,9-10,13-14,16-19H2,1-4H3. The minimum atomic E-state index is -3.49. The molecular weight excluding hydrogens is 636 g/mol. The number of aromatic nitrogens is 2. The van der Waals surface area contributed by atoms with Gasteiger partial charge in [0.1, 0.15) is 35.0 Å². The van der Waals surface area contributed by atoms with Crippen molar-refractivity contribution in [3.63, 3.8) is 0 Å². The van der Waals surface area contributed by atoms with Crippen molar-refractivity contribution in [2.75, 3.05) is 31.0 Å². The van der Waals surface area contributed by atoms with Crippen molar-refractivity contribution in [1.29, 1.82) is 0 Å². The molecule has 0 unspecified atom stereocenters. The summed E-state index contributed by atoms with van der Waals surface area (Å²) in [7, 11) is -1.82. The number of amides is 1. The Morgan fingerprint density at radius 2 is 1.73 bits per heavy atom. The number of likely N-dealkylation sites (tertiary alicyclic amines) is 1. The van der Waals surface area contributed by atoms with Gasteiger partial charge in [-0.2, -0.15) is 0 Å². The molecule has 0 bridgehead atoms. The number of rotatable bonds is 11. The van der Waals surface area contributed by atoms with E-state index in [4.69, 9.17) is 18.9 Å². The number of pyridine rings is 1. The van der Waals surface area contributed by atoms with Crippen LogP contribution >= 0.6 is 0 Å². The largest absolute Gasteiger partial charge is 0.491 e. The molecule has 1 aliphatic heterocycles. The van der Waals surface area contributed by atoms with Gasteiger partial charge in [-0.1, -0.05) is 6.07 Å². The van der Waals surface area contributed by atoms with Gasteiger partial charge in [0.15, 0.2) is 0 Å². The summed E-state index contributed by atoms with van der Waals surface area (Å²) >= 11 is 0. The number of carbonyl (C=O) groups excluding carboxylic acids is 1. The SMILES string of the molecule is Cn1cc(-c2cc(NS(=O)(=O)C3CC3)ccc2Oc2cccc(OCCOC3CCN(C(=O)OC(C)(C)C)CC3)c2)c2cc[nH]c2c1=O. The van der Waals surface area contributed by atoms with Crippen LogP contribution < -0.4 is 19.8 Å². The zero-order chi connectivity index (χ0) is 34.1. The Morgan fingerprint density at radius 1 is 0.979 bits per heavy atom. The summed E-state index contributed by atoms with van der Waals surface area (Å²) in [6.45, 7) is 7.48. The number of hydrogen-bond donors (Lipinski definition) is 2. The van der Waals surface area contributed by atoms with Gasteiger partial charge in [0, 0.05) is 60.8 Å². The predicted molar refractivity (Wildman–Crippen MR) is 183 cm³/mol. The van der Waals surface area contributed by atoms with E-state index in [1.54, 1.807) is 48.6 Å². The van der Waals surface area contributed by atoms with Crippen LogP contribution in [0.25, 0.3) is 22.0 Å². The van der Waals surface area contributed by atoms with Crippen molar-refractivity contribution in [1.82, 2.24) is 14.5 Å². The minimum absolute atomic E-state index is 0.0427. The van der Waals surface area contributed by atoms with Crippen molar-refractivity contribution in [2.24, 2.45) is 7.05 Å². The molecule has 13 heteroatoms. The topological polar surface area (TPSA) is 141 Å². The number of benzene rings is 2. The van der Waals surface area contributed by atoms with Gasteiger partial charge in [-0.05, 0) is 82.9 Å². The highest BCUT2D eigenvalue weighted by molar-refractivity contribution is 7.93. The first-order valence-electron chi connectivity index (χ1n) is 16.2. The number of nitrogens with one attached hydrogen (secondary N) is 2. The Bertz CT molecular complexity index is 1950. The number of carbonyl (C=O) groups is 1. The van der Waals surface area contributed by atoms with Crippen LogP contribution in [0, 0.1) is 0 Å². The third-order valence-corrected chi connectivity index (χ3v) is 10.1. The normalized spacial score (nSPS) is 15.8. The summed E-state index contributed by atoms with van der Waals surface area (Å²) in [5.41, 5.74) is 1.48. The first-order chi connectivity index (χ1) is 22.9. The molecule has 2 aromatic heterocycles. The Balaban J connectivity index is 1.12. The van der Waals surface area contributed by atoms with Crippen molar-refractivity contribution in [2.45, 2.75) is 63.4 Å². The number of ether oxygens (including phenoxy) is 4. The van der Waals surface area contributed by atoms with Crippen LogP contribution in [-0.4, -0.2) is 72.2 Å². The maximum Gasteiger partial charge on any atom is 0.410 e. The Labute approximate surface area is 280 Å². The smallest absolute Gasteiger partial charge is 0.410 e. The summed E-state index contributed by atoms with van der Waals surface area (Å²) in [6.07, 6.45) is 5.93. The molecule has 256 valence electrons. The van der Waals surface area contributed by atoms with Crippen LogP contribution in [0.1, 0.15) is 46.5 Å². The Kier molecular flexibility index (Phi) is 9.44. The highest BCUT2D eigenvalue weighted by atomic mass is 32.2. The molecular formula is C35H42N4O8S. The zero-order valence-electron chi connectivity index (χ0n) is 27.7. The minimum Gasteiger partial charge on any atom is -0.491 e. The lowest BCUT2D eigenvalue weighted by atomic mass is 10.0. The van der Waals surface area contributed by atoms with E-state index in [-0.39, 0.29) is 23.0 Å². The predicted octanol–water partition coefficient (Wildman–Crippen LogP) is 6.02. The number of aryl methyl sites for hydroxylation is 1. The first-order valence-corrected chi connectivity index (χ1v) is 17.7. The number of sulfonamides is 1. The maximum atomic E-state index is 12.8. The average molecular weight is 679 g/mol. The molecule has 2 aromatic carbocycles. The third kappa shape index (κ3) is 7.96. The number of piperidine rings is 1. The van der Waals surface area contributed by atoms with Crippen LogP contribution in [0.5, 0.6) is 17.2 Å². The van der Waals surface area contributed by atoms with Crippen LogP contribution in [-0.2, 0) is 26.5 Å². The first kappa shape index (κ1) is 33.4. The van der Waals surface area contributed by atoms with Gasteiger partial charge < -0.3 is 33.4 Å². The fraction of sp³-hybridized carbons (Fsp3) is 0.429. The summed E-state index contributed by atoms with van der Waals surface area (Å²) in [6, 6.07) is 14.2. The molecule has 12 nitrogen and oxygen atoms in total. The lowest BCUT2D eigenvalue weighted by molar-refractivity contribution is -0.0177. The van der Waals surface area contributed by atoms with Crippen molar-refractivity contribution >= 4 is 32.7 Å². The van der Waals surface area contributed by atoms with E-state index in [0.29, 0.717) is 84.1 Å². The van der Waals surface area contributed by atoms with Crippen LogP contribution in [0.2, 0.25) is 0 Å². The van der Waals surface area contributed by atoms with Crippen molar-refractivity contribution in [3.05, 3.63) is 71.3 Å². The summed E-state index contributed by atoms with van der Waals surface area (Å²) in [5, 5.41) is 0.314. The van der Waals surface area contributed by atoms with Crippen LogP contribution in [0.4, 0.5) is 10.5 Å². The second kappa shape index (κ2) is 13.6. The van der Waals surface area contributed by atoms with E-state index in [1.165, 1.54) is 4.57 Å². The van der Waals surface area contributed by atoms with Gasteiger partial charge in [-0.3, -0.25) is 9.52 Å². The van der Waals surface area contributed by atoms with Crippen molar-refractivity contribution < 1.29 is 32.2 Å². The number of aromatic amines is 1. The molecule has 4 aromatic rings. The van der Waals surface area contributed by atoms with Gasteiger partial charge in [0.05, 0.1) is 18.0 Å². The molecule has 48 heavy (non-hydrogen) atoms. The lowest BCUT2D eigenvalue weighted by Gasteiger charge is -2.33. The number of hydrogen-bond acceptors (Lipinski definition) is 8. The monoisotopic (exact) mass is 678 g/mol.